The monoisotopic (exact) mass is 634 g/mol. The Labute approximate surface area is 230 Å². The number of nitrogens with zero attached hydrogens (tertiary/aromatic N) is 1. The third kappa shape index (κ3) is 7.77. The van der Waals surface area contributed by atoms with Gasteiger partial charge in [-0.3, -0.25) is 4.79 Å². The molecular weight excluding hydrogens is 612 g/mol. The number of carbonyl (C=O) groups excluding carboxylic acids is 1. The molecule has 3 aromatic carbocycles. The molecule has 0 aliphatic carbocycles. The first-order chi connectivity index (χ1) is 17.0. The van der Waals surface area contributed by atoms with Crippen molar-refractivity contribution in [3.8, 4) is 11.5 Å². The number of benzene rings is 3. The maximum absolute atomic E-state index is 12.1. The number of rotatable bonds is 9. The van der Waals surface area contributed by atoms with Crippen LogP contribution in [0.4, 0.5) is 0 Å². The van der Waals surface area contributed by atoms with Gasteiger partial charge >= 0.3 is 0 Å². The number of halogens is 2. The molecule has 0 saturated carbocycles. The molecule has 182 valence electrons. The third-order valence-electron chi connectivity index (χ3n) is 5.07. The Morgan fingerprint density at radius 1 is 1.03 bits per heavy atom. The molecule has 0 radical (unpaired) electrons. The van der Waals surface area contributed by atoms with Gasteiger partial charge in [-0.05, 0) is 79.7 Å². The Balaban J connectivity index is 1.25. The zero-order valence-corrected chi connectivity index (χ0v) is 23.8. The second kappa shape index (κ2) is 12.9. The summed E-state index contributed by atoms with van der Waals surface area (Å²) < 4.78 is 13.6. The van der Waals surface area contributed by atoms with Gasteiger partial charge < -0.3 is 9.47 Å². The highest BCUT2D eigenvalue weighted by Gasteiger charge is 2.18. The zero-order chi connectivity index (χ0) is 24.6. The quantitative estimate of drug-likeness (QED) is 0.201. The largest absolute Gasteiger partial charge is 0.487 e. The number of nitrogens with one attached hydrogen (secondary N) is 1. The van der Waals surface area contributed by atoms with E-state index >= 15 is 0 Å². The van der Waals surface area contributed by atoms with Crippen LogP contribution in [-0.2, 0) is 11.4 Å². The lowest BCUT2D eigenvalue weighted by Gasteiger charge is -2.11. The Morgan fingerprint density at radius 3 is 2.34 bits per heavy atom. The number of aryl methyl sites for hydroxylation is 1. The Kier molecular flexibility index (Phi) is 9.59. The fourth-order valence-corrected chi connectivity index (χ4v) is 7.57. The molecule has 0 unspecified atom stereocenters. The molecule has 1 saturated heterocycles. The predicted octanol–water partition coefficient (Wildman–Crippen LogP) is 7.11. The van der Waals surface area contributed by atoms with Crippen LogP contribution in [-0.4, -0.2) is 30.2 Å². The molecule has 1 fully saturated rings. The van der Waals surface area contributed by atoms with Gasteiger partial charge in [0.25, 0.3) is 5.91 Å². The van der Waals surface area contributed by atoms with Gasteiger partial charge in [0.2, 0.25) is 0 Å². The molecule has 3 aromatic rings. The summed E-state index contributed by atoms with van der Waals surface area (Å²) in [6, 6.07) is 19.9. The average molecular weight is 636 g/mol. The normalized spacial score (nSPS) is 13.8. The van der Waals surface area contributed by atoms with E-state index in [0.29, 0.717) is 22.7 Å². The summed E-state index contributed by atoms with van der Waals surface area (Å²) in [7, 11) is 0. The maximum atomic E-state index is 12.1. The average Bonchev–Trinajstić information content (AvgIpc) is 3.39. The molecule has 0 bridgehead atoms. The smallest absolute Gasteiger partial charge is 0.277 e. The van der Waals surface area contributed by atoms with Gasteiger partial charge in [0, 0.05) is 11.5 Å². The van der Waals surface area contributed by atoms with Crippen LogP contribution in [0.3, 0.4) is 0 Å². The number of amides is 1. The van der Waals surface area contributed by atoms with Crippen LogP contribution in [0.1, 0.15) is 26.8 Å². The molecule has 5 nitrogen and oxygen atoms in total. The fraction of sp³-hybridized carbons (Fsp3) is 0.231. The number of carbonyl (C=O) groups is 1. The van der Waals surface area contributed by atoms with Crippen LogP contribution in [0, 0.1) is 6.92 Å². The van der Waals surface area contributed by atoms with Gasteiger partial charge in [-0.2, -0.15) is 5.10 Å². The first-order valence-electron chi connectivity index (χ1n) is 10.9. The molecule has 1 heterocycles. The van der Waals surface area contributed by atoms with E-state index in [4.69, 9.17) is 9.47 Å². The van der Waals surface area contributed by atoms with E-state index in [1.165, 1.54) is 22.6 Å². The molecule has 35 heavy (non-hydrogen) atoms. The lowest BCUT2D eigenvalue weighted by atomic mass is 10.2. The molecule has 1 aliphatic rings. The van der Waals surface area contributed by atoms with E-state index in [1.54, 1.807) is 6.21 Å². The summed E-state index contributed by atoms with van der Waals surface area (Å²) in [6.07, 6.45) is 1.57. The summed E-state index contributed by atoms with van der Waals surface area (Å²) in [4.78, 5) is 12.1. The Hall–Kier alpha value is -1.94. The van der Waals surface area contributed by atoms with Gasteiger partial charge in [0.05, 0.1) is 19.7 Å². The van der Waals surface area contributed by atoms with E-state index in [2.05, 4.69) is 73.6 Å². The molecule has 9 heteroatoms. The molecular formula is C26H24Br2N2O3S2. The van der Waals surface area contributed by atoms with Crippen LogP contribution in [0.2, 0.25) is 0 Å². The zero-order valence-electron chi connectivity index (χ0n) is 19.0. The Morgan fingerprint density at radius 2 is 1.69 bits per heavy atom. The fourth-order valence-electron chi connectivity index (χ4n) is 3.26. The van der Waals surface area contributed by atoms with Crippen molar-refractivity contribution in [2.75, 3.05) is 18.1 Å². The van der Waals surface area contributed by atoms with Crippen molar-refractivity contribution in [2.45, 2.75) is 18.1 Å². The maximum Gasteiger partial charge on any atom is 0.277 e. The standard InChI is InChI=1S/C26H24Br2N2O3S2/c1-17-2-4-18(5-3-17)15-33-25-22(27)12-19(13-23(25)28)14-29-30-24(31)16-32-21-8-6-20(7-9-21)26-34-10-11-35-26/h2-9,12-14,26H,10-11,15-16H2,1H3,(H,30,31)/b29-14-. The van der Waals surface area contributed by atoms with Crippen LogP contribution in [0.25, 0.3) is 0 Å². The first kappa shape index (κ1) is 26.1. The van der Waals surface area contributed by atoms with Crippen molar-refractivity contribution in [3.05, 3.63) is 91.9 Å². The number of hydrazone groups is 1. The topological polar surface area (TPSA) is 59.9 Å². The highest BCUT2D eigenvalue weighted by Crippen LogP contribution is 2.45. The molecule has 1 N–H and O–H groups in total. The van der Waals surface area contributed by atoms with Crippen LogP contribution < -0.4 is 14.9 Å². The van der Waals surface area contributed by atoms with Gasteiger partial charge in [-0.1, -0.05) is 42.0 Å². The van der Waals surface area contributed by atoms with Crippen LogP contribution in [0.15, 0.2) is 74.7 Å². The highest BCUT2D eigenvalue weighted by atomic mass is 79.9. The van der Waals surface area contributed by atoms with Crippen molar-refractivity contribution in [2.24, 2.45) is 5.10 Å². The van der Waals surface area contributed by atoms with Gasteiger partial charge in [0.15, 0.2) is 6.61 Å². The van der Waals surface area contributed by atoms with E-state index in [0.717, 1.165) is 20.1 Å². The van der Waals surface area contributed by atoms with Crippen molar-refractivity contribution in [1.29, 1.82) is 0 Å². The van der Waals surface area contributed by atoms with Crippen molar-refractivity contribution < 1.29 is 14.3 Å². The first-order valence-corrected chi connectivity index (χ1v) is 14.6. The summed E-state index contributed by atoms with van der Waals surface area (Å²) in [5.41, 5.74) is 6.88. The summed E-state index contributed by atoms with van der Waals surface area (Å²) in [5, 5.41) is 4.04. The number of thioether (sulfide) groups is 2. The predicted molar refractivity (Wildman–Crippen MR) is 153 cm³/mol. The van der Waals surface area contributed by atoms with E-state index in [1.807, 2.05) is 59.9 Å². The Bertz CT molecular complexity index is 1160. The summed E-state index contributed by atoms with van der Waals surface area (Å²) in [6.45, 7) is 2.41. The highest BCUT2D eigenvalue weighted by molar-refractivity contribution is 9.11. The van der Waals surface area contributed by atoms with E-state index in [9.17, 15) is 4.79 Å². The van der Waals surface area contributed by atoms with E-state index in [-0.39, 0.29) is 12.5 Å². The second-order valence-electron chi connectivity index (χ2n) is 7.81. The van der Waals surface area contributed by atoms with Gasteiger partial charge in [-0.25, -0.2) is 5.43 Å². The molecule has 0 atom stereocenters. The molecule has 1 aliphatic heterocycles. The SMILES string of the molecule is Cc1ccc(COc2c(Br)cc(/C=N\NC(=O)COc3ccc(C4SCCS4)cc3)cc2Br)cc1. The third-order valence-corrected chi connectivity index (χ3v) is 9.35. The van der Waals surface area contributed by atoms with Crippen LogP contribution in [0.5, 0.6) is 11.5 Å². The van der Waals surface area contributed by atoms with Crippen molar-refractivity contribution >= 4 is 67.5 Å². The minimum atomic E-state index is -0.330. The summed E-state index contributed by atoms with van der Waals surface area (Å²) in [5.74, 6) is 3.41. The van der Waals surface area contributed by atoms with Crippen molar-refractivity contribution in [3.63, 3.8) is 0 Å². The van der Waals surface area contributed by atoms with Gasteiger partial charge in [0.1, 0.15) is 18.1 Å². The van der Waals surface area contributed by atoms with E-state index < -0.39 is 0 Å². The molecule has 0 spiro atoms. The minimum absolute atomic E-state index is 0.108. The lowest BCUT2D eigenvalue weighted by Crippen LogP contribution is -2.24. The number of hydrogen-bond donors (Lipinski definition) is 1. The second-order valence-corrected chi connectivity index (χ2v) is 12.2. The van der Waals surface area contributed by atoms with Gasteiger partial charge in [-0.15, -0.1) is 23.5 Å². The molecule has 4 rings (SSSR count). The number of ether oxygens (including phenoxy) is 2. The van der Waals surface area contributed by atoms with Crippen LogP contribution >= 0.6 is 55.4 Å². The minimum Gasteiger partial charge on any atom is -0.487 e. The summed E-state index contributed by atoms with van der Waals surface area (Å²) >= 11 is 11.0. The van der Waals surface area contributed by atoms with Crippen molar-refractivity contribution in [1.82, 2.24) is 5.43 Å². The number of hydrogen-bond acceptors (Lipinski definition) is 6. The molecule has 1 amide bonds. The lowest BCUT2D eigenvalue weighted by molar-refractivity contribution is -0.123. The molecule has 0 aromatic heterocycles.